The summed E-state index contributed by atoms with van der Waals surface area (Å²) in [4.78, 5) is 34.2. The first-order chi connectivity index (χ1) is 9.90. The third-order valence-corrected chi connectivity index (χ3v) is 3.05. The summed E-state index contributed by atoms with van der Waals surface area (Å²) < 4.78 is 15.1. The van der Waals surface area contributed by atoms with Gasteiger partial charge in [0, 0.05) is 19.9 Å². The average molecular weight is 355 g/mol. The lowest BCUT2D eigenvalue weighted by Gasteiger charge is -2.09. The lowest BCUT2D eigenvalue weighted by Crippen LogP contribution is -2.09. The van der Waals surface area contributed by atoms with Crippen LogP contribution in [-0.4, -0.2) is 11.9 Å². The van der Waals surface area contributed by atoms with E-state index in [0.717, 1.165) is 0 Å². The van der Waals surface area contributed by atoms with Gasteiger partial charge < -0.3 is 13.9 Å². The molecule has 0 unspecified atom stereocenters. The molecule has 1 aromatic heterocycles. The maximum atomic E-state index is 12.0. The molecule has 1 heterocycles. The van der Waals surface area contributed by atoms with Crippen molar-refractivity contribution in [1.82, 2.24) is 0 Å². The highest BCUT2D eigenvalue weighted by molar-refractivity contribution is 9.08. The van der Waals surface area contributed by atoms with Gasteiger partial charge in [-0.05, 0) is 17.5 Å². The van der Waals surface area contributed by atoms with Gasteiger partial charge in [0.25, 0.3) is 0 Å². The summed E-state index contributed by atoms with van der Waals surface area (Å²) in [7, 11) is 0. The largest absolute Gasteiger partial charge is 0.427 e. The topological polar surface area (TPSA) is 82.8 Å². The smallest absolute Gasteiger partial charge is 0.347 e. The van der Waals surface area contributed by atoms with Crippen LogP contribution in [0.5, 0.6) is 11.5 Å². The Hall–Kier alpha value is -2.15. The Morgan fingerprint density at radius 1 is 1.14 bits per heavy atom. The van der Waals surface area contributed by atoms with Gasteiger partial charge >= 0.3 is 17.6 Å². The molecule has 2 rings (SSSR count). The van der Waals surface area contributed by atoms with Gasteiger partial charge in [0.15, 0.2) is 0 Å². The van der Waals surface area contributed by atoms with Crippen molar-refractivity contribution in [1.29, 1.82) is 0 Å². The van der Waals surface area contributed by atoms with Gasteiger partial charge in [-0.25, -0.2) is 4.79 Å². The quantitative estimate of drug-likeness (QED) is 0.478. The van der Waals surface area contributed by atoms with E-state index in [0.29, 0.717) is 16.5 Å². The standard InChI is InChI=1S/C14H11BrO6/c1-7(16)19-10-3-9-4-11(6-15)21-14(18)13(9)12(5-10)20-8(2)17/h3-5H,6H2,1-2H3. The van der Waals surface area contributed by atoms with Crippen LogP contribution in [0.4, 0.5) is 0 Å². The molecule has 1 aromatic carbocycles. The molecule has 2 aromatic rings. The zero-order valence-corrected chi connectivity index (χ0v) is 12.9. The molecule has 0 fully saturated rings. The molecule has 0 aliphatic carbocycles. The Bertz CT molecular complexity index is 777. The van der Waals surface area contributed by atoms with Gasteiger partial charge in [0.05, 0.1) is 5.33 Å². The summed E-state index contributed by atoms with van der Waals surface area (Å²) in [6.07, 6.45) is 0. The lowest BCUT2D eigenvalue weighted by molar-refractivity contribution is -0.132. The molecule has 6 nitrogen and oxygen atoms in total. The van der Waals surface area contributed by atoms with Gasteiger partial charge in [0.1, 0.15) is 22.6 Å². The van der Waals surface area contributed by atoms with E-state index in [2.05, 4.69) is 15.9 Å². The molecule has 0 bridgehead atoms. The van der Waals surface area contributed by atoms with Gasteiger partial charge in [-0.2, -0.15) is 0 Å². The number of carbonyl (C=O) groups excluding carboxylic acids is 2. The monoisotopic (exact) mass is 354 g/mol. The number of esters is 2. The van der Waals surface area contributed by atoms with Crippen LogP contribution in [0.3, 0.4) is 0 Å². The zero-order valence-electron chi connectivity index (χ0n) is 11.3. The SMILES string of the molecule is CC(=O)Oc1cc(OC(C)=O)c2c(=O)oc(CBr)cc2c1. The van der Waals surface area contributed by atoms with Crippen molar-refractivity contribution in [2.75, 3.05) is 0 Å². The van der Waals surface area contributed by atoms with Crippen LogP contribution in [-0.2, 0) is 14.9 Å². The molecule has 0 aliphatic rings. The van der Waals surface area contributed by atoms with Crippen molar-refractivity contribution >= 4 is 38.6 Å². The predicted molar refractivity (Wildman–Crippen MR) is 77.7 cm³/mol. The number of fused-ring (bicyclic) bond motifs is 1. The number of alkyl halides is 1. The fourth-order valence-electron chi connectivity index (χ4n) is 1.84. The van der Waals surface area contributed by atoms with Gasteiger partial charge in [-0.3, -0.25) is 9.59 Å². The van der Waals surface area contributed by atoms with E-state index in [1.807, 2.05) is 0 Å². The van der Waals surface area contributed by atoms with E-state index in [1.165, 1.54) is 26.0 Å². The highest BCUT2D eigenvalue weighted by atomic mass is 79.9. The lowest BCUT2D eigenvalue weighted by atomic mass is 10.1. The van der Waals surface area contributed by atoms with Crippen LogP contribution in [0.2, 0.25) is 0 Å². The van der Waals surface area contributed by atoms with Gasteiger partial charge in [0.2, 0.25) is 0 Å². The fraction of sp³-hybridized carbons (Fsp3) is 0.214. The number of hydrogen-bond donors (Lipinski definition) is 0. The maximum absolute atomic E-state index is 12.0. The number of rotatable bonds is 3. The minimum atomic E-state index is -0.632. The highest BCUT2D eigenvalue weighted by Gasteiger charge is 2.15. The van der Waals surface area contributed by atoms with E-state index < -0.39 is 17.6 Å². The first-order valence-corrected chi connectivity index (χ1v) is 7.06. The molecule has 0 spiro atoms. The second kappa shape index (κ2) is 6.09. The fourth-order valence-corrected chi connectivity index (χ4v) is 2.12. The summed E-state index contributed by atoms with van der Waals surface area (Å²) >= 11 is 3.19. The Morgan fingerprint density at radius 2 is 1.81 bits per heavy atom. The third kappa shape index (κ3) is 3.49. The van der Waals surface area contributed by atoms with Crippen molar-refractivity contribution in [3.63, 3.8) is 0 Å². The van der Waals surface area contributed by atoms with Crippen LogP contribution in [0.15, 0.2) is 27.4 Å². The van der Waals surface area contributed by atoms with Crippen LogP contribution in [0.1, 0.15) is 19.6 Å². The molecule has 0 amide bonds. The second-order valence-corrected chi connectivity index (χ2v) is 4.77. The molecule has 0 aliphatic heterocycles. The first-order valence-electron chi connectivity index (χ1n) is 5.94. The summed E-state index contributed by atoms with van der Waals surface area (Å²) in [6.45, 7) is 2.46. The van der Waals surface area contributed by atoms with E-state index in [-0.39, 0.29) is 16.9 Å². The first kappa shape index (κ1) is 15.2. The minimum absolute atomic E-state index is 0.00822. The Kier molecular flexibility index (Phi) is 4.42. The van der Waals surface area contributed by atoms with Crippen molar-refractivity contribution in [2.45, 2.75) is 19.2 Å². The molecule has 0 saturated heterocycles. The number of halogens is 1. The normalized spacial score (nSPS) is 10.4. The number of benzene rings is 1. The molecule has 0 atom stereocenters. The van der Waals surface area contributed by atoms with E-state index in [9.17, 15) is 14.4 Å². The van der Waals surface area contributed by atoms with E-state index in [4.69, 9.17) is 13.9 Å². The number of ether oxygens (including phenoxy) is 2. The summed E-state index contributed by atoms with van der Waals surface area (Å²) in [6, 6.07) is 4.41. The van der Waals surface area contributed by atoms with Crippen molar-refractivity contribution < 1.29 is 23.5 Å². The van der Waals surface area contributed by atoms with E-state index >= 15 is 0 Å². The molecule has 0 radical (unpaired) electrons. The zero-order chi connectivity index (χ0) is 15.6. The van der Waals surface area contributed by atoms with Gasteiger partial charge in [-0.1, -0.05) is 15.9 Å². The Morgan fingerprint density at radius 3 is 2.38 bits per heavy atom. The van der Waals surface area contributed by atoms with Crippen LogP contribution >= 0.6 is 15.9 Å². The minimum Gasteiger partial charge on any atom is -0.427 e. The van der Waals surface area contributed by atoms with Crippen LogP contribution in [0.25, 0.3) is 10.8 Å². The third-order valence-electron chi connectivity index (χ3n) is 2.50. The molecule has 0 saturated carbocycles. The summed E-state index contributed by atoms with van der Waals surface area (Å²) in [5.41, 5.74) is -0.632. The average Bonchev–Trinajstić information content (AvgIpc) is 2.36. The number of hydrogen-bond acceptors (Lipinski definition) is 6. The number of carbonyl (C=O) groups is 2. The second-order valence-electron chi connectivity index (χ2n) is 4.21. The Labute approximate surface area is 127 Å². The van der Waals surface area contributed by atoms with Crippen molar-refractivity contribution in [3.05, 3.63) is 34.4 Å². The Balaban J connectivity index is 2.73. The molecular weight excluding hydrogens is 344 g/mol. The summed E-state index contributed by atoms with van der Waals surface area (Å²) in [5, 5.41) is 0.917. The molecule has 0 N–H and O–H groups in total. The van der Waals surface area contributed by atoms with Crippen LogP contribution in [0, 0.1) is 0 Å². The molecular formula is C14H11BrO6. The van der Waals surface area contributed by atoms with Crippen molar-refractivity contribution in [2.24, 2.45) is 0 Å². The predicted octanol–water partition coefficient (Wildman–Crippen LogP) is 2.54. The summed E-state index contributed by atoms with van der Waals surface area (Å²) in [5.74, 6) is -0.545. The maximum Gasteiger partial charge on any atom is 0.347 e. The molecule has 7 heteroatoms. The molecule has 21 heavy (non-hydrogen) atoms. The molecule has 110 valence electrons. The highest BCUT2D eigenvalue weighted by Crippen LogP contribution is 2.30. The van der Waals surface area contributed by atoms with Crippen molar-refractivity contribution in [3.8, 4) is 11.5 Å². The van der Waals surface area contributed by atoms with E-state index in [1.54, 1.807) is 6.07 Å². The van der Waals surface area contributed by atoms with Crippen LogP contribution < -0.4 is 15.1 Å². The van der Waals surface area contributed by atoms with Gasteiger partial charge in [-0.15, -0.1) is 0 Å².